The lowest BCUT2D eigenvalue weighted by molar-refractivity contribution is 0.0777. The molecule has 1 fully saturated rings. The third-order valence-corrected chi connectivity index (χ3v) is 5.02. The summed E-state index contributed by atoms with van der Waals surface area (Å²) in [5.41, 5.74) is 2.07. The van der Waals surface area contributed by atoms with Crippen molar-refractivity contribution in [1.82, 2.24) is 15.5 Å². The fourth-order valence-corrected chi connectivity index (χ4v) is 3.44. The number of amides is 1. The van der Waals surface area contributed by atoms with Crippen molar-refractivity contribution in [2.75, 3.05) is 13.2 Å². The molecule has 0 atom stereocenters. The second kappa shape index (κ2) is 8.96. The van der Waals surface area contributed by atoms with Gasteiger partial charge in [-0.15, -0.1) is 0 Å². The number of carbonyl (C=O) groups excluding carboxylic acids is 2. The molecule has 0 radical (unpaired) electrons. The number of carbonyl (C=O) groups is 2. The molecule has 156 valence electrons. The molecule has 1 saturated heterocycles. The van der Waals surface area contributed by atoms with Crippen LogP contribution in [-0.2, 0) is 11.2 Å². The Balaban J connectivity index is 1.50. The monoisotopic (exact) mass is 409 g/mol. The first-order chi connectivity index (χ1) is 14.7. The highest BCUT2D eigenvalue weighted by atomic mass is 16.6. The molecule has 1 aliphatic heterocycles. The van der Waals surface area contributed by atoms with Crippen LogP contribution < -0.4 is 10.1 Å². The van der Waals surface area contributed by atoms with Gasteiger partial charge in [0.2, 0.25) is 11.7 Å². The third kappa shape index (κ3) is 4.28. The molecule has 0 aliphatic carbocycles. The van der Waals surface area contributed by atoms with Gasteiger partial charge in [0, 0.05) is 49.1 Å². The summed E-state index contributed by atoms with van der Waals surface area (Å²) in [5.74, 6) is 0.460. The number of nitrogens with one attached hydrogen (secondary N) is 2. The lowest BCUT2D eigenvalue weighted by Crippen LogP contribution is -2.40. The molecule has 1 amide bonds. The maximum Gasteiger partial charge on any atom is 0.414 e. The number of aromatic nitrogens is 2. The van der Waals surface area contributed by atoms with Crippen molar-refractivity contribution in [2.45, 2.75) is 32.2 Å². The minimum Gasteiger partial charge on any atom is -0.393 e. The van der Waals surface area contributed by atoms with Gasteiger partial charge in [0.05, 0.1) is 5.56 Å². The molecule has 4 rings (SSSR count). The zero-order valence-electron chi connectivity index (χ0n) is 16.6. The van der Waals surface area contributed by atoms with Crippen LogP contribution in [-0.4, -0.2) is 41.3 Å². The van der Waals surface area contributed by atoms with Crippen molar-refractivity contribution in [3.05, 3.63) is 59.5 Å². The standard InChI is InChI=1S/C22H23N3O5/c1-2-17-19(20(25-30-17)14-6-4-3-5-7-14)21(26)15-12-18(23-13-15)29-22(27)24-16-8-10-28-11-9-16/h3-7,12-13,16,23H,2,8-11H2,1H3,(H,24,27). The number of ether oxygens (including phenoxy) is 2. The highest BCUT2D eigenvalue weighted by Gasteiger charge is 2.25. The number of nitrogens with zero attached hydrogens (tertiary/aromatic N) is 1. The first kappa shape index (κ1) is 19.9. The molecule has 3 aromatic rings. The van der Waals surface area contributed by atoms with Crippen LogP contribution in [0, 0.1) is 0 Å². The summed E-state index contributed by atoms with van der Waals surface area (Å²) in [7, 11) is 0. The van der Waals surface area contributed by atoms with E-state index in [-0.39, 0.29) is 17.7 Å². The van der Waals surface area contributed by atoms with E-state index in [4.69, 9.17) is 14.0 Å². The van der Waals surface area contributed by atoms with E-state index in [0.29, 0.717) is 42.2 Å². The summed E-state index contributed by atoms with van der Waals surface area (Å²) in [6, 6.07) is 10.9. The molecule has 1 aromatic carbocycles. The van der Waals surface area contributed by atoms with Crippen molar-refractivity contribution in [3.8, 4) is 17.1 Å². The molecule has 1 aliphatic rings. The minimum atomic E-state index is -0.563. The number of hydrogen-bond donors (Lipinski definition) is 2. The smallest absolute Gasteiger partial charge is 0.393 e. The van der Waals surface area contributed by atoms with Gasteiger partial charge in [-0.2, -0.15) is 0 Å². The zero-order chi connectivity index (χ0) is 20.9. The first-order valence-corrected chi connectivity index (χ1v) is 9.99. The second-order valence-corrected chi connectivity index (χ2v) is 7.05. The number of benzene rings is 1. The molecule has 8 heteroatoms. The molecule has 8 nitrogen and oxygen atoms in total. The van der Waals surface area contributed by atoms with Crippen LogP contribution in [0.1, 0.15) is 41.4 Å². The number of H-pyrrole nitrogens is 1. The molecule has 30 heavy (non-hydrogen) atoms. The normalized spacial score (nSPS) is 14.4. The molecule has 2 aromatic heterocycles. The zero-order valence-corrected chi connectivity index (χ0v) is 16.6. The maximum atomic E-state index is 13.2. The fraction of sp³-hybridized carbons (Fsp3) is 0.318. The van der Waals surface area contributed by atoms with Gasteiger partial charge in [-0.3, -0.25) is 4.79 Å². The van der Waals surface area contributed by atoms with Crippen LogP contribution >= 0.6 is 0 Å². The number of hydrogen-bond acceptors (Lipinski definition) is 6. The van der Waals surface area contributed by atoms with E-state index in [2.05, 4.69) is 15.5 Å². The molecule has 0 saturated carbocycles. The van der Waals surface area contributed by atoms with E-state index in [0.717, 1.165) is 18.4 Å². The van der Waals surface area contributed by atoms with E-state index in [1.807, 2.05) is 37.3 Å². The Kier molecular flexibility index (Phi) is 5.94. The Labute approximate surface area is 173 Å². The van der Waals surface area contributed by atoms with Crippen molar-refractivity contribution < 1.29 is 23.6 Å². The molecule has 0 unspecified atom stereocenters. The highest BCUT2D eigenvalue weighted by Crippen LogP contribution is 2.29. The van der Waals surface area contributed by atoms with E-state index >= 15 is 0 Å². The summed E-state index contributed by atoms with van der Waals surface area (Å²) < 4.78 is 16.0. The average molecular weight is 409 g/mol. The van der Waals surface area contributed by atoms with Crippen LogP contribution in [0.2, 0.25) is 0 Å². The highest BCUT2D eigenvalue weighted by molar-refractivity contribution is 6.13. The van der Waals surface area contributed by atoms with Crippen molar-refractivity contribution in [2.24, 2.45) is 0 Å². The number of ketones is 1. The topological polar surface area (TPSA) is 106 Å². The average Bonchev–Trinajstić information content (AvgIpc) is 3.41. The molecular weight excluding hydrogens is 386 g/mol. The van der Waals surface area contributed by atoms with E-state index in [1.165, 1.54) is 12.3 Å². The molecular formula is C22H23N3O5. The van der Waals surface area contributed by atoms with Crippen LogP contribution in [0.15, 0.2) is 47.1 Å². The van der Waals surface area contributed by atoms with Crippen LogP contribution in [0.4, 0.5) is 4.79 Å². The minimum absolute atomic E-state index is 0.0277. The number of aryl methyl sites for hydroxylation is 1. The summed E-state index contributed by atoms with van der Waals surface area (Å²) in [6.07, 6.45) is 2.98. The lowest BCUT2D eigenvalue weighted by atomic mass is 9.98. The van der Waals surface area contributed by atoms with Crippen LogP contribution in [0.25, 0.3) is 11.3 Å². The van der Waals surface area contributed by atoms with E-state index in [1.54, 1.807) is 0 Å². The quantitative estimate of drug-likeness (QED) is 0.601. The number of aromatic amines is 1. The SMILES string of the molecule is CCc1onc(-c2ccccc2)c1C(=O)c1c[nH]c(OC(=O)NC2CCOCC2)c1. The summed E-state index contributed by atoms with van der Waals surface area (Å²) in [5, 5.41) is 6.92. The molecule has 0 bridgehead atoms. The predicted molar refractivity (Wildman–Crippen MR) is 109 cm³/mol. The first-order valence-electron chi connectivity index (χ1n) is 9.99. The maximum absolute atomic E-state index is 13.2. The molecule has 2 N–H and O–H groups in total. The Morgan fingerprint density at radius 1 is 1.23 bits per heavy atom. The van der Waals surface area contributed by atoms with Crippen LogP contribution in [0.5, 0.6) is 5.88 Å². The van der Waals surface area contributed by atoms with Gasteiger partial charge >= 0.3 is 6.09 Å². The Hall–Kier alpha value is -3.39. The van der Waals surface area contributed by atoms with E-state index < -0.39 is 6.09 Å². The lowest BCUT2D eigenvalue weighted by Gasteiger charge is -2.22. The fourth-order valence-electron chi connectivity index (χ4n) is 3.44. The Bertz CT molecular complexity index is 1020. The summed E-state index contributed by atoms with van der Waals surface area (Å²) >= 11 is 0. The molecule has 3 heterocycles. The number of rotatable bonds is 6. The van der Waals surface area contributed by atoms with E-state index in [9.17, 15) is 9.59 Å². The third-order valence-electron chi connectivity index (χ3n) is 5.02. The van der Waals surface area contributed by atoms with Crippen molar-refractivity contribution >= 4 is 11.9 Å². The van der Waals surface area contributed by atoms with Gasteiger partial charge in [0.1, 0.15) is 11.5 Å². The largest absolute Gasteiger partial charge is 0.414 e. The van der Waals surface area contributed by atoms with Gasteiger partial charge in [-0.25, -0.2) is 4.79 Å². The van der Waals surface area contributed by atoms with Crippen LogP contribution in [0.3, 0.4) is 0 Å². The van der Waals surface area contributed by atoms with Crippen molar-refractivity contribution in [1.29, 1.82) is 0 Å². The van der Waals surface area contributed by atoms with Crippen molar-refractivity contribution in [3.63, 3.8) is 0 Å². The summed E-state index contributed by atoms with van der Waals surface area (Å²) in [4.78, 5) is 28.2. The summed E-state index contributed by atoms with van der Waals surface area (Å²) in [6.45, 7) is 3.14. The Morgan fingerprint density at radius 2 is 2.00 bits per heavy atom. The van der Waals surface area contributed by atoms with Gasteiger partial charge in [-0.1, -0.05) is 42.4 Å². The van der Waals surface area contributed by atoms with Gasteiger partial charge < -0.3 is 24.3 Å². The molecule has 0 spiro atoms. The van der Waals surface area contributed by atoms with Gasteiger partial charge in [0.25, 0.3) is 0 Å². The van der Waals surface area contributed by atoms with Gasteiger partial charge in [0.15, 0.2) is 0 Å². The predicted octanol–water partition coefficient (Wildman–Crippen LogP) is 3.73. The van der Waals surface area contributed by atoms with Gasteiger partial charge in [-0.05, 0) is 12.8 Å². The Morgan fingerprint density at radius 3 is 2.73 bits per heavy atom. The second-order valence-electron chi connectivity index (χ2n) is 7.05.